The van der Waals surface area contributed by atoms with E-state index in [2.05, 4.69) is 39.8 Å². The van der Waals surface area contributed by atoms with Gasteiger partial charge in [-0.15, -0.1) is 0 Å². The third-order valence-electron chi connectivity index (χ3n) is 4.06. The van der Waals surface area contributed by atoms with E-state index in [1.165, 1.54) is 24.0 Å². The lowest BCUT2D eigenvalue weighted by Gasteiger charge is -2.38. The van der Waals surface area contributed by atoms with E-state index in [9.17, 15) is 0 Å². The van der Waals surface area contributed by atoms with Crippen molar-refractivity contribution in [3.63, 3.8) is 0 Å². The van der Waals surface area contributed by atoms with Crippen LogP contribution in [0.3, 0.4) is 0 Å². The normalized spacial score (nSPS) is 22.3. The molecule has 17 heavy (non-hydrogen) atoms. The van der Waals surface area contributed by atoms with Gasteiger partial charge >= 0.3 is 0 Å². The molecule has 1 aromatic rings. The van der Waals surface area contributed by atoms with Crippen LogP contribution in [0.2, 0.25) is 0 Å². The number of rotatable bonds is 2. The SMILES string of the molecule is Cc1cc(C)c2c(c1)C(CCN)CC(C)(C)C2. The summed E-state index contributed by atoms with van der Waals surface area (Å²) in [5.74, 6) is 0.664. The van der Waals surface area contributed by atoms with Crippen LogP contribution >= 0.6 is 0 Å². The summed E-state index contributed by atoms with van der Waals surface area (Å²) < 4.78 is 0. The van der Waals surface area contributed by atoms with Crippen LogP contribution in [0.4, 0.5) is 0 Å². The van der Waals surface area contributed by atoms with Gasteiger partial charge in [0.05, 0.1) is 0 Å². The number of hydrogen-bond acceptors (Lipinski definition) is 1. The van der Waals surface area contributed by atoms with Gasteiger partial charge in [-0.1, -0.05) is 31.5 Å². The van der Waals surface area contributed by atoms with Gasteiger partial charge in [0, 0.05) is 0 Å². The third kappa shape index (κ3) is 2.55. The molecule has 0 bridgehead atoms. The monoisotopic (exact) mass is 231 g/mol. The van der Waals surface area contributed by atoms with Crippen LogP contribution in [-0.2, 0) is 6.42 Å². The molecular formula is C16H25N. The Morgan fingerprint density at radius 3 is 2.65 bits per heavy atom. The standard InChI is InChI=1S/C16H25N/c1-11-7-12(2)15-10-16(3,4)9-13(5-6-17)14(15)8-11/h7-8,13H,5-6,9-10,17H2,1-4H3. The predicted octanol–water partition coefficient (Wildman–Crippen LogP) is 3.71. The number of fused-ring (bicyclic) bond motifs is 1. The van der Waals surface area contributed by atoms with Gasteiger partial charge in [-0.05, 0) is 67.7 Å². The van der Waals surface area contributed by atoms with Gasteiger partial charge in [-0.3, -0.25) is 0 Å². The van der Waals surface area contributed by atoms with Crippen LogP contribution in [0, 0.1) is 19.3 Å². The van der Waals surface area contributed by atoms with Crippen LogP contribution in [-0.4, -0.2) is 6.54 Å². The molecule has 1 aromatic carbocycles. The minimum atomic E-state index is 0.423. The third-order valence-corrected chi connectivity index (χ3v) is 4.06. The molecule has 0 saturated carbocycles. The smallest absolute Gasteiger partial charge is 0.00714 e. The van der Waals surface area contributed by atoms with Gasteiger partial charge in [-0.2, -0.15) is 0 Å². The number of aryl methyl sites for hydroxylation is 2. The number of hydrogen-bond donors (Lipinski definition) is 1. The lowest BCUT2D eigenvalue weighted by molar-refractivity contribution is 0.274. The zero-order chi connectivity index (χ0) is 12.6. The van der Waals surface area contributed by atoms with Crippen molar-refractivity contribution in [2.75, 3.05) is 6.54 Å². The molecule has 1 unspecified atom stereocenters. The van der Waals surface area contributed by atoms with Crippen molar-refractivity contribution in [3.05, 3.63) is 34.4 Å². The summed E-state index contributed by atoms with van der Waals surface area (Å²) >= 11 is 0. The second-order valence-corrected chi connectivity index (χ2v) is 6.47. The molecule has 0 heterocycles. The first-order valence-corrected chi connectivity index (χ1v) is 6.73. The molecule has 1 aliphatic carbocycles. The molecule has 2 N–H and O–H groups in total. The van der Waals surface area contributed by atoms with Crippen molar-refractivity contribution in [2.24, 2.45) is 11.1 Å². The average Bonchev–Trinajstić information content (AvgIpc) is 2.19. The summed E-state index contributed by atoms with van der Waals surface area (Å²) in [4.78, 5) is 0. The minimum Gasteiger partial charge on any atom is -0.330 e. The van der Waals surface area contributed by atoms with Crippen molar-refractivity contribution in [1.82, 2.24) is 0 Å². The fraction of sp³-hybridized carbons (Fsp3) is 0.625. The van der Waals surface area contributed by atoms with Gasteiger partial charge in [0.2, 0.25) is 0 Å². The van der Waals surface area contributed by atoms with E-state index in [0.717, 1.165) is 13.0 Å². The van der Waals surface area contributed by atoms with Gasteiger partial charge in [0.1, 0.15) is 0 Å². The Morgan fingerprint density at radius 1 is 1.29 bits per heavy atom. The van der Waals surface area contributed by atoms with Gasteiger partial charge in [-0.25, -0.2) is 0 Å². The Bertz CT molecular complexity index is 418. The van der Waals surface area contributed by atoms with Crippen molar-refractivity contribution in [1.29, 1.82) is 0 Å². The minimum absolute atomic E-state index is 0.423. The Morgan fingerprint density at radius 2 is 2.00 bits per heavy atom. The van der Waals surface area contributed by atoms with Crippen LogP contribution in [0.25, 0.3) is 0 Å². The highest BCUT2D eigenvalue weighted by molar-refractivity contribution is 5.42. The van der Waals surface area contributed by atoms with E-state index in [1.807, 2.05) is 0 Å². The molecule has 1 heteroatoms. The molecule has 1 nitrogen and oxygen atoms in total. The summed E-state index contributed by atoms with van der Waals surface area (Å²) in [7, 11) is 0. The van der Waals surface area contributed by atoms with Gasteiger partial charge < -0.3 is 5.73 Å². The topological polar surface area (TPSA) is 26.0 Å². The highest BCUT2D eigenvalue weighted by atomic mass is 14.5. The molecule has 0 aliphatic heterocycles. The highest BCUT2D eigenvalue weighted by Gasteiger charge is 2.32. The van der Waals surface area contributed by atoms with Gasteiger partial charge in [0.25, 0.3) is 0 Å². The molecule has 94 valence electrons. The molecule has 0 saturated heterocycles. The van der Waals surface area contributed by atoms with E-state index in [1.54, 1.807) is 11.1 Å². The van der Waals surface area contributed by atoms with E-state index in [4.69, 9.17) is 5.73 Å². The van der Waals surface area contributed by atoms with Crippen molar-refractivity contribution >= 4 is 0 Å². The van der Waals surface area contributed by atoms with Crippen molar-refractivity contribution < 1.29 is 0 Å². The summed E-state index contributed by atoms with van der Waals surface area (Å²) in [6.07, 6.45) is 3.62. The van der Waals surface area contributed by atoms with Gasteiger partial charge in [0.15, 0.2) is 0 Å². The largest absolute Gasteiger partial charge is 0.330 e. The Kier molecular flexibility index (Phi) is 3.31. The Balaban J connectivity index is 2.48. The van der Waals surface area contributed by atoms with E-state index >= 15 is 0 Å². The first-order chi connectivity index (χ1) is 7.93. The van der Waals surface area contributed by atoms with Crippen LogP contribution < -0.4 is 5.73 Å². The average molecular weight is 231 g/mol. The quantitative estimate of drug-likeness (QED) is 0.825. The maximum absolute atomic E-state index is 5.78. The van der Waals surface area contributed by atoms with Crippen LogP contribution in [0.1, 0.15) is 54.9 Å². The number of nitrogens with two attached hydrogens (primary N) is 1. The maximum atomic E-state index is 5.78. The molecule has 0 radical (unpaired) electrons. The fourth-order valence-electron chi connectivity index (χ4n) is 3.42. The second kappa shape index (κ2) is 4.45. The zero-order valence-electron chi connectivity index (χ0n) is 11.6. The molecular weight excluding hydrogens is 206 g/mol. The summed E-state index contributed by atoms with van der Waals surface area (Å²) in [5.41, 5.74) is 12.2. The van der Waals surface area contributed by atoms with E-state index < -0.39 is 0 Å². The lowest BCUT2D eigenvalue weighted by atomic mass is 9.67. The molecule has 0 fully saturated rings. The van der Waals surface area contributed by atoms with Crippen molar-refractivity contribution in [3.8, 4) is 0 Å². The van der Waals surface area contributed by atoms with Crippen LogP contribution in [0.15, 0.2) is 12.1 Å². The predicted molar refractivity (Wildman–Crippen MR) is 74.4 cm³/mol. The first kappa shape index (κ1) is 12.6. The second-order valence-electron chi connectivity index (χ2n) is 6.47. The molecule has 2 rings (SSSR count). The molecule has 1 atom stereocenters. The molecule has 0 spiro atoms. The fourth-order valence-corrected chi connectivity index (χ4v) is 3.42. The number of benzene rings is 1. The molecule has 1 aliphatic rings. The summed E-state index contributed by atoms with van der Waals surface area (Å²) in [6.45, 7) is 10.0. The Labute approximate surface area is 105 Å². The molecule has 0 aromatic heterocycles. The maximum Gasteiger partial charge on any atom is -0.00714 e. The van der Waals surface area contributed by atoms with E-state index in [0.29, 0.717) is 11.3 Å². The summed E-state index contributed by atoms with van der Waals surface area (Å²) in [5, 5.41) is 0. The van der Waals surface area contributed by atoms with Crippen LogP contribution in [0.5, 0.6) is 0 Å². The molecule has 0 amide bonds. The summed E-state index contributed by atoms with van der Waals surface area (Å²) in [6, 6.07) is 4.71. The zero-order valence-corrected chi connectivity index (χ0v) is 11.6. The lowest BCUT2D eigenvalue weighted by Crippen LogP contribution is -2.27. The first-order valence-electron chi connectivity index (χ1n) is 6.73. The Hall–Kier alpha value is -0.820. The highest BCUT2D eigenvalue weighted by Crippen LogP contribution is 2.44. The van der Waals surface area contributed by atoms with E-state index in [-0.39, 0.29) is 0 Å². The van der Waals surface area contributed by atoms with Crippen molar-refractivity contribution in [2.45, 2.75) is 52.9 Å².